The van der Waals surface area contributed by atoms with E-state index in [0.29, 0.717) is 0 Å². The van der Waals surface area contributed by atoms with E-state index in [9.17, 15) is 0 Å². The number of hydrogen-bond acceptors (Lipinski definition) is 6. The van der Waals surface area contributed by atoms with Gasteiger partial charge in [-0.05, 0) is 198 Å². The van der Waals surface area contributed by atoms with Crippen molar-refractivity contribution >= 4 is 56.9 Å². The van der Waals surface area contributed by atoms with Crippen LogP contribution in [0.3, 0.4) is 0 Å². The Labute approximate surface area is 543 Å². The first kappa shape index (κ1) is 73.6. The highest BCUT2D eigenvalue weighted by molar-refractivity contribution is 5.84. The zero-order valence-electron chi connectivity index (χ0n) is 59.2. The second-order valence-corrected chi connectivity index (χ2v) is 26.5. The molecule has 490 valence electrons. The van der Waals surface area contributed by atoms with E-state index in [1.807, 2.05) is 0 Å². The molecule has 0 radical (unpaired) electrons. The average molecular weight is 1200 g/mol. The molecule has 5 aromatic carbocycles. The lowest BCUT2D eigenvalue weighted by Gasteiger charge is -2.32. The molecule has 5 rings (SSSR count). The van der Waals surface area contributed by atoms with Gasteiger partial charge < -0.3 is 29.4 Å². The third-order valence-corrected chi connectivity index (χ3v) is 18.7. The van der Waals surface area contributed by atoms with E-state index in [1.165, 1.54) is 285 Å². The molecule has 0 saturated heterocycles. The van der Waals surface area contributed by atoms with Gasteiger partial charge in [-0.25, -0.2) is 0 Å². The summed E-state index contributed by atoms with van der Waals surface area (Å²) >= 11 is 0. The Morgan fingerprint density at radius 3 is 0.500 bits per heavy atom. The van der Waals surface area contributed by atoms with Crippen LogP contribution >= 0.6 is 0 Å². The van der Waals surface area contributed by atoms with Gasteiger partial charge in [-0.3, -0.25) is 0 Å². The van der Waals surface area contributed by atoms with Crippen LogP contribution < -0.4 is 29.4 Å². The van der Waals surface area contributed by atoms with Gasteiger partial charge in [-0.2, -0.15) is 0 Å². The second-order valence-electron chi connectivity index (χ2n) is 26.5. The van der Waals surface area contributed by atoms with Crippen LogP contribution in [0, 0.1) is 27.7 Å². The van der Waals surface area contributed by atoms with Gasteiger partial charge in [0, 0.05) is 109 Å². The topological polar surface area (TPSA) is 19.4 Å². The molecule has 0 amide bonds. The van der Waals surface area contributed by atoms with E-state index in [0.717, 1.165) is 52.4 Å². The molecule has 0 heterocycles. The van der Waals surface area contributed by atoms with Crippen LogP contribution in [-0.4, -0.2) is 52.4 Å². The van der Waals surface area contributed by atoms with Crippen LogP contribution in [-0.2, 0) is 0 Å². The standard InChI is InChI=1S/C82H132N6/c1-13-21-29-37-57-83(58-38-30-22-14-2)79-53-49-75(65-69(79)9)87(76-50-54-80(70(10)66-76)84(59-39-31-23-15-3)60-40-32-24-16-4)73-45-47-74(48-46-73)88(77-51-55-81(71(11)67-77)85(61-41-33-25-17-5)62-42-34-26-18-6)78-52-56-82(72(12)68-78)86(63-43-35-27-19-7)64-44-36-28-20-8/h45-56,65-68H,13-44,57-64H2,1-12H3. The average Bonchev–Trinajstić information content (AvgIpc) is 3.64. The first-order chi connectivity index (χ1) is 43.1. The molecule has 5 aromatic rings. The van der Waals surface area contributed by atoms with Crippen LogP contribution in [0.1, 0.15) is 283 Å². The summed E-state index contributed by atoms with van der Waals surface area (Å²) in [6.07, 6.45) is 41.0. The highest BCUT2D eigenvalue weighted by Crippen LogP contribution is 2.43. The van der Waals surface area contributed by atoms with Gasteiger partial charge in [0.25, 0.3) is 0 Å². The van der Waals surface area contributed by atoms with Crippen LogP contribution in [0.2, 0.25) is 0 Å². The van der Waals surface area contributed by atoms with Crippen molar-refractivity contribution in [1.29, 1.82) is 0 Å². The Morgan fingerprint density at radius 2 is 0.352 bits per heavy atom. The molecule has 0 fully saturated rings. The molecule has 0 aliphatic carbocycles. The minimum Gasteiger partial charge on any atom is -0.371 e. The van der Waals surface area contributed by atoms with E-state index in [1.54, 1.807) is 0 Å². The summed E-state index contributed by atoms with van der Waals surface area (Å²) in [5, 5.41) is 0. The summed E-state index contributed by atoms with van der Waals surface area (Å²) in [4.78, 5) is 16.0. The molecular formula is C82H132N6. The van der Waals surface area contributed by atoms with Crippen molar-refractivity contribution in [2.24, 2.45) is 0 Å². The predicted octanol–water partition coefficient (Wildman–Crippen LogP) is 25.7. The zero-order chi connectivity index (χ0) is 63.1. The van der Waals surface area contributed by atoms with Crippen molar-refractivity contribution < 1.29 is 0 Å². The lowest BCUT2D eigenvalue weighted by atomic mass is 10.0. The van der Waals surface area contributed by atoms with E-state index in [4.69, 9.17) is 0 Å². The normalized spacial score (nSPS) is 11.4. The molecule has 6 heteroatoms. The summed E-state index contributed by atoms with van der Waals surface area (Å²) in [5.74, 6) is 0. The maximum absolute atomic E-state index is 2.71. The molecule has 0 aliphatic heterocycles. The molecule has 0 atom stereocenters. The number of rotatable bonds is 50. The Bertz CT molecular complexity index is 2220. The molecule has 0 unspecified atom stereocenters. The van der Waals surface area contributed by atoms with Crippen LogP contribution in [0.5, 0.6) is 0 Å². The number of aryl methyl sites for hydroxylation is 4. The van der Waals surface area contributed by atoms with E-state index >= 15 is 0 Å². The van der Waals surface area contributed by atoms with Crippen molar-refractivity contribution in [3.05, 3.63) is 119 Å². The SMILES string of the molecule is CCCCCCN(CCCCCC)c1ccc(N(c2ccc(N(c3ccc(N(CCCCCC)CCCCCC)c(C)c3)c3ccc(N(CCCCCC)CCCCCC)c(C)c3)cc2)c2ccc(N(CCCCCC)CCCCCC)c(C)c2)cc1C. The third-order valence-electron chi connectivity index (χ3n) is 18.7. The fourth-order valence-corrected chi connectivity index (χ4v) is 13.4. The number of unbranched alkanes of at least 4 members (excludes halogenated alkanes) is 24. The third kappa shape index (κ3) is 24.6. The van der Waals surface area contributed by atoms with Gasteiger partial charge in [0.15, 0.2) is 0 Å². The molecule has 88 heavy (non-hydrogen) atoms. The van der Waals surface area contributed by atoms with E-state index in [-0.39, 0.29) is 0 Å². The van der Waals surface area contributed by atoms with Crippen molar-refractivity contribution in [2.75, 3.05) is 81.8 Å². The minimum atomic E-state index is 1.12. The monoisotopic (exact) mass is 1200 g/mol. The molecule has 0 spiro atoms. The highest BCUT2D eigenvalue weighted by atomic mass is 15.2. The Kier molecular flexibility index (Phi) is 36.5. The second kappa shape index (κ2) is 43.6. The molecule has 0 N–H and O–H groups in total. The molecule has 0 bridgehead atoms. The summed E-state index contributed by atoms with van der Waals surface area (Å²) in [7, 11) is 0. The lowest BCUT2D eigenvalue weighted by Crippen LogP contribution is -2.27. The maximum atomic E-state index is 2.71. The molecule has 0 aromatic heterocycles. The Hall–Kier alpha value is -5.10. The van der Waals surface area contributed by atoms with Crippen LogP contribution in [0.15, 0.2) is 97.1 Å². The Balaban J connectivity index is 1.67. The van der Waals surface area contributed by atoms with Gasteiger partial charge in [0.05, 0.1) is 0 Å². The van der Waals surface area contributed by atoms with Crippen molar-refractivity contribution in [1.82, 2.24) is 0 Å². The molecule has 0 aliphatic rings. The highest BCUT2D eigenvalue weighted by Gasteiger charge is 2.22. The van der Waals surface area contributed by atoms with E-state index in [2.05, 4.69) is 210 Å². The number of nitrogens with zero attached hydrogens (tertiary/aromatic N) is 6. The summed E-state index contributed by atoms with van der Waals surface area (Å²) < 4.78 is 0. The predicted molar refractivity (Wildman–Crippen MR) is 397 cm³/mol. The van der Waals surface area contributed by atoms with Gasteiger partial charge in [0.2, 0.25) is 0 Å². The van der Waals surface area contributed by atoms with Crippen molar-refractivity contribution in [3.63, 3.8) is 0 Å². The van der Waals surface area contributed by atoms with Gasteiger partial charge >= 0.3 is 0 Å². The smallest absolute Gasteiger partial charge is 0.0465 e. The first-order valence-corrected chi connectivity index (χ1v) is 37.2. The summed E-state index contributed by atoms with van der Waals surface area (Å²) in [6, 6.07) is 39.1. The number of benzene rings is 5. The molecule has 6 nitrogen and oxygen atoms in total. The minimum absolute atomic E-state index is 1.12. The number of anilines is 10. The number of hydrogen-bond donors (Lipinski definition) is 0. The van der Waals surface area contributed by atoms with Crippen LogP contribution in [0.4, 0.5) is 56.9 Å². The fraction of sp³-hybridized carbons (Fsp3) is 0.634. The zero-order valence-corrected chi connectivity index (χ0v) is 59.2. The first-order valence-electron chi connectivity index (χ1n) is 37.2. The fourth-order valence-electron chi connectivity index (χ4n) is 13.4. The van der Waals surface area contributed by atoms with Gasteiger partial charge in [-0.1, -0.05) is 209 Å². The summed E-state index contributed by atoms with van der Waals surface area (Å²) in [6.45, 7) is 37.1. The van der Waals surface area contributed by atoms with Gasteiger partial charge in [-0.15, -0.1) is 0 Å². The van der Waals surface area contributed by atoms with E-state index < -0.39 is 0 Å². The van der Waals surface area contributed by atoms with Crippen molar-refractivity contribution in [3.8, 4) is 0 Å². The summed E-state index contributed by atoms with van der Waals surface area (Å²) in [5.41, 5.74) is 18.2. The van der Waals surface area contributed by atoms with Crippen LogP contribution in [0.25, 0.3) is 0 Å². The molecule has 0 saturated carbocycles. The Morgan fingerprint density at radius 1 is 0.193 bits per heavy atom. The van der Waals surface area contributed by atoms with Crippen molar-refractivity contribution in [2.45, 2.75) is 289 Å². The maximum Gasteiger partial charge on any atom is 0.0465 e. The largest absolute Gasteiger partial charge is 0.371 e. The van der Waals surface area contributed by atoms with Gasteiger partial charge in [0.1, 0.15) is 0 Å². The quantitative estimate of drug-likeness (QED) is 0.0359. The lowest BCUT2D eigenvalue weighted by molar-refractivity contribution is 0.608. The molecular weight excluding hydrogens is 1070 g/mol.